The second-order valence-corrected chi connectivity index (χ2v) is 6.43. The summed E-state index contributed by atoms with van der Waals surface area (Å²) in [4.78, 5) is 12.1. The number of hydrogen-bond donors (Lipinski definition) is 1. The van der Waals surface area contributed by atoms with Crippen LogP contribution in [-0.4, -0.2) is 24.3 Å². The molecule has 3 nitrogen and oxygen atoms in total. The molecule has 0 heterocycles. The molecule has 112 valence electrons. The monoisotopic (exact) mass is 278 g/mol. The van der Waals surface area contributed by atoms with Crippen LogP contribution in [0.4, 0.5) is 0 Å². The fraction of sp³-hybridized carbons (Fsp3) is 0.706. The van der Waals surface area contributed by atoms with Gasteiger partial charge in [-0.3, -0.25) is 0 Å². The molecule has 0 aromatic carbocycles. The van der Waals surface area contributed by atoms with E-state index < -0.39 is 0 Å². The van der Waals surface area contributed by atoms with Gasteiger partial charge in [-0.25, -0.2) is 4.79 Å². The number of carbonyl (C=O) groups excluding carboxylic acids is 1. The molecule has 3 heteroatoms. The first kappa shape index (κ1) is 15.3. The zero-order chi connectivity index (χ0) is 14.8. The standard InChI is InChI=1S/C17H26O3/c1-12-6-5-10-17(2,15(12)16(19)20-3)11-9-13-7-4-8-14(13)18/h7,14,18H,4-6,8-11H2,1-3H3/t14-,17+/m1/s1. The van der Waals surface area contributed by atoms with Gasteiger partial charge in [-0.1, -0.05) is 18.6 Å². The molecule has 0 aromatic heterocycles. The van der Waals surface area contributed by atoms with E-state index in [4.69, 9.17) is 4.74 Å². The third kappa shape index (κ3) is 2.98. The van der Waals surface area contributed by atoms with Gasteiger partial charge in [0, 0.05) is 5.57 Å². The Bertz CT molecular complexity index is 447. The number of methoxy groups -OCH3 is 1. The summed E-state index contributed by atoms with van der Waals surface area (Å²) in [5.41, 5.74) is 3.09. The number of ether oxygens (including phenoxy) is 1. The van der Waals surface area contributed by atoms with Crippen LogP contribution in [0.5, 0.6) is 0 Å². The van der Waals surface area contributed by atoms with Crippen molar-refractivity contribution >= 4 is 5.97 Å². The first-order chi connectivity index (χ1) is 9.48. The number of hydrogen-bond acceptors (Lipinski definition) is 3. The second-order valence-electron chi connectivity index (χ2n) is 6.43. The van der Waals surface area contributed by atoms with Crippen LogP contribution in [-0.2, 0) is 9.53 Å². The van der Waals surface area contributed by atoms with Crippen LogP contribution in [0.25, 0.3) is 0 Å². The van der Waals surface area contributed by atoms with Crippen molar-refractivity contribution in [3.63, 3.8) is 0 Å². The summed E-state index contributed by atoms with van der Waals surface area (Å²) < 4.78 is 4.99. The van der Waals surface area contributed by atoms with E-state index >= 15 is 0 Å². The highest BCUT2D eigenvalue weighted by Crippen LogP contribution is 2.45. The molecule has 0 aliphatic heterocycles. The highest BCUT2D eigenvalue weighted by Gasteiger charge is 2.38. The average molecular weight is 278 g/mol. The molecule has 1 N–H and O–H groups in total. The largest absolute Gasteiger partial charge is 0.466 e. The Balaban J connectivity index is 2.14. The van der Waals surface area contributed by atoms with E-state index in [2.05, 4.69) is 13.0 Å². The zero-order valence-corrected chi connectivity index (χ0v) is 12.9. The summed E-state index contributed by atoms with van der Waals surface area (Å²) in [6, 6.07) is 0. The predicted octanol–water partition coefficient (Wildman–Crippen LogP) is 3.53. The van der Waals surface area contributed by atoms with Gasteiger partial charge in [-0.2, -0.15) is 0 Å². The van der Waals surface area contributed by atoms with Crippen LogP contribution >= 0.6 is 0 Å². The third-order valence-corrected chi connectivity index (χ3v) is 4.94. The Hall–Kier alpha value is -1.09. The van der Waals surface area contributed by atoms with Crippen molar-refractivity contribution in [3.05, 3.63) is 22.8 Å². The maximum absolute atomic E-state index is 12.1. The fourth-order valence-electron chi connectivity index (χ4n) is 3.72. The maximum Gasteiger partial charge on any atom is 0.334 e. The van der Waals surface area contributed by atoms with Crippen molar-refractivity contribution in [1.82, 2.24) is 0 Å². The van der Waals surface area contributed by atoms with Gasteiger partial charge in [0.25, 0.3) is 0 Å². The summed E-state index contributed by atoms with van der Waals surface area (Å²) in [5.74, 6) is -0.175. The summed E-state index contributed by atoms with van der Waals surface area (Å²) in [6.45, 7) is 4.22. The molecule has 2 atom stereocenters. The lowest BCUT2D eigenvalue weighted by atomic mass is 9.68. The number of aliphatic hydroxyl groups excluding tert-OH is 1. The second kappa shape index (κ2) is 6.13. The lowest BCUT2D eigenvalue weighted by Crippen LogP contribution is -2.30. The van der Waals surface area contributed by atoms with Crippen molar-refractivity contribution in [2.24, 2.45) is 5.41 Å². The molecule has 0 amide bonds. The lowest BCUT2D eigenvalue weighted by molar-refractivity contribution is -0.137. The molecular weight excluding hydrogens is 252 g/mol. The van der Waals surface area contributed by atoms with E-state index in [1.165, 1.54) is 12.7 Å². The minimum Gasteiger partial charge on any atom is -0.466 e. The van der Waals surface area contributed by atoms with Crippen molar-refractivity contribution in [2.75, 3.05) is 7.11 Å². The SMILES string of the molecule is COC(=O)C1=C(C)CCC[C@@]1(C)CCC1=CCC[C@H]1O. The van der Waals surface area contributed by atoms with Crippen LogP contribution in [0.15, 0.2) is 22.8 Å². The molecule has 0 spiro atoms. The van der Waals surface area contributed by atoms with Crippen LogP contribution in [0.3, 0.4) is 0 Å². The summed E-state index contributed by atoms with van der Waals surface area (Å²) in [5, 5.41) is 9.90. The van der Waals surface area contributed by atoms with Crippen LogP contribution in [0.2, 0.25) is 0 Å². The zero-order valence-electron chi connectivity index (χ0n) is 12.9. The highest BCUT2D eigenvalue weighted by atomic mass is 16.5. The number of allylic oxidation sites excluding steroid dienone is 2. The molecule has 2 aliphatic rings. The van der Waals surface area contributed by atoms with Crippen LogP contribution in [0, 0.1) is 5.41 Å². The number of carbonyl (C=O) groups is 1. The van der Waals surface area contributed by atoms with Gasteiger partial charge in [0.2, 0.25) is 0 Å². The van der Waals surface area contributed by atoms with Crippen molar-refractivity contribution < 1.29 is 14.6 Å². The third-order valence-electron chi connectivity index (χ3n) is 4.94. The molecule has 20 heavy (non-hydrogen) atoms. The van der Waals surface area contributed by atoms with Gasteiger partial charge in [0.15, 0.2) is 0 Å². The van der Waals surface area contributed by atoms with Crippen molar-refractivity contribution in [2.45, 2.75) is 64.9 Å². The van der Waals surface area contributed by atoms with Gasteiger partial charge in [0.05, 0.1) is 13.2 Å². The van der Waals surface area contributed by atoms with Gasteiger partial charge in [0.1, 0.15) is 0 Å². The van der Waals surface area contributed by atoms with Gasteiger partial charge in [-0.15, -0.1) is 0 Å². The molecule has 2 aliphatic carbocycles. The average Bonchev–Trinajstić information content (AvgIpc) is 2.81. The van der Waals surface area contributed by atoms with Gasteiger partial charge >= 0.3 is 5.97 Å². The van der Waals surface area contributed by atoms with E-state index in [9.17, 15) is 9.90 Å². The number of esters is 1. The highest BCUT2D eigenvalue weighted by molar-refractivity contribution is 5.91. The molecule has 0 saturated heterocycles. The molecule has 2 rings (SSSR count). The topological polar surface area (TPSA) is 46.5 Å². The Labute approximate surface area is 121 Å². The molecule has 0 unspecified atom stereocenters. The fourth-order valence-corrected chi connectivity index (χ4v) is 3.72. The molecule has 0 saturated carbocycles. The molecular formula is C17H26O3. The number of rotatable bonds is 4. The van der Waals surface area contributed by atoms with E-state index in [0.29, 0.717) is 0 Å². The number of aliphatic hydroxyl groups is 1. The minimum absolute atomic E-state index is 0.113. The molecule has 0 fully saturated rings. The predicted molar refractivity (Wildman–Crippen MR) is 79.2 cm³/mol. The van der Waals surface area contributed by atoms with Gasteiger partial charge in [-0.05, 0) is 62.9 Å². The minimum atomic E-state index is -0.270. The summed E-state index contributed by atoms with van der Waals surface area (Å²) in [6.07, 6.45) is 8.66. The lowest BCUT2D eigenvalue weighted by Gasteiger charge is -2.36. The smallest absolute Gasteiger partial charge is 0.334 e. The van der Waals surface area contributed by atoms with Crippen molar-refractivity contribution in [3.8, 4) is 0 Å². The Morgan fingerprint density at radius 1 is 1.55 bits per heavy atom. The maximum atomic E-state index is 12.1. The summed E-state index contributed by atoms with van der Waals surface area (Å²) in [7, 11) is 1.46. The van der Waals surface area contributed by atoms with E-state index in [0.717, 1.165) is 56.1 Å². The van der Waals surface area contributed by atoms with Crippen LogP contribution in [0.1, 0.15) is 58.8 Å². The van der Waals surface area contributed by atoms with E-state index in [-0.39, 0.29) is 17.5 Å². The Morgan fingerprint density at radius 2 is 2.30 bits per heavy atom. The Kier molecular flexibility index (Phi) is 4.69. The van der Waals surface area contributed by atoms with E-state index in [1.807, 2.05) is 6.92 Å². The quantitative estimate of drug-likeness (QED) is 0.632. The normalized spacial score (nSPS) is 30.4. The Morgan fingerprint density at radius 3 is 2.90 bits per heavy atom. The van der Waals surface area contributed by atoms with Crippen molar-refractivity contribution in [1.29, 1.82) is 0 Å². The van der Waals surface area contributed by atoms with Crippen LogP contribution < -0.4 is 0 Å². The molecule has 0 radical (unpaired) electrons. The van der Waals surface area contributed by atoms with E-state index in [1.54, 1.807) is 0 Å². The first-order valence-electron chi connectivity index (χ1n) is 7.63. The summed E-state index contributed by atoms with van der Waals surface area (Å²) >= 11 is 0. The molecule has 0 bridgehead atoms. The van der Waals surface area contributed by atoms with Gasteiger partial charge < -0.3 is 9.84 Å². The molecule has 0 aromatic rings. The first-order valence-corrected chi connectivity index (χ1v) is 7.63.